The van der Waals surface area contributed by atoms with Gasteiger partial charge in [0.15, 0.2) is 0 Å². The van der Waals surface area contributed by atoms with Gasteiger partial charge in [-0.3, -0.25) is 4.79 Å². The van der Waals surface area contributed by atoms with Gasteiger partial charge in [-0.05, 0) is 25.7 Å². The standard InChI is InChI=1S/C12H24N2O3S/c1-4-8-13(9-5-2)12(15)10-14(11-6-7-11)18(3,16)17/h11H,4-10H2,1-3H3. The van der Waals surface area contributed by atoms with Crippen LogP contribution in [0.5, 0.6) is 0 Å². The molecular formula is C12H24N2O3S. The summed E-state index contributed by atoms with van der Waals surface area (Å²) >= 11 is 0. The summed E-state index contributed by atoms with van der Waals surface area (Å²) in [6.45, 7) is 5.45. The molecule has 6 heteroatoms. The van der Waals surface area contributed by atoms with Crippen LogP contribution in [0.15, 0.2) is 0 Å². The Labute approximate surface area is 110 Å². The Balaban J connectivity index is 2.64. The van der Waals surface area contributed by atoms with Crippen LogP contribution in [-0.2, 0) is 14.8 Å². The highest BCUT2D eigenvalue weighted by Gasteiger charge is 2.36. The average Bonchev–Trinajstić information content (AvgIpc) is 3.07. The first kappa shape index (κ1) is 15.4. The van der Waals surface area contributed by atoms with E-state index in [2.05, 4.69) is 0 Å². The van der Waals surface area contributed by atoms with Crippen molar-refractivity contribution in [3.05, 3.63) is 0 Å². The van der Waals surface area contributed by atoms with Crippen molar-refractivity contribution in [2.24, 2.45) is 0 Å². The van der Waals surface area contributed by atoms with E-state index in [4.69, 9.17) is 0 Å². The Morgan fingerprint density at radius 1 is 1.17 bits per heavy atom. The molecule has 1 aliphatic carbocycles. The molecule has 1 rings (SSSR count). The van der Waals surface area contributed by atoms with E-state index in [1.807, 2.05) is 13.8 Å². The molecule has 1 amide bonds. The molecule has 0 atom stereocenters. The van der Waals surface area contributed by atoms with Crippen LogP contribution in [0.2, 0.25) is 0 Å². The first-order chi connectivity index (χ1) is 8.40. The topological polar surface area (TPSA) is 57.7 Å². The maximum Gasteiger partial charge on any atom is 0.237 e. The molecule has 18 heavy (non-hydrogen) atoms. The number of nitrogens with zero attached hydrogens (tertiary/aromatic N) is 2. The Hall–Kier alpha value is -0.620. The number of carbonyl (C=O) groups is 1. The highest BCUT2D eigenvalue weighted by Crippen LogP contribution is 2.28. The summed E-state index contributed by atoms with van der Waals surface area (Å²) in [6, 6.07) is 0.0500. The van der Waals surface area contributed by atoms with E-state index < -0.39 is 10.0 Å². The van der Waals surface area contributed by atoms with Crippen LogP contribution in [0, 0.1) is 0 Å². The highest BCUT2D eigenvalue weighted by atomic mass is 32.2. The van der Waals surface area contributed by atoms with Crippen LogP contribution in [0.1, 0.15) is 39.5 Å². The lowest BCUT2D eigenvalue weighted by Gasteiger charge is -2.25. The molecule has 0 aromatic rings. The molecule has 0 saturated heterocycles. The zero-order valence-corrected chi connectivity index (χ0v) is 12.4. The van der Waals surface area contributed by atoms with Gasteiger partial charge in [0, 0.05) is 19.1 Å². The second-order valence-corrected chi connectivity index (χ2v) is 6.86. The number of hydrogen-bond donors (Lipinski definition) is 0. The van der Waals surface area contributed by atoms with Crippen LogP contribution in [-0.4, -0.2) is 55.5 Å². The third kappa shape index (κ3) is 4.57. The molecule has 1 aliphatic rings. The van der Waals surface area contributed by atoms with Crippen molar-refractivity contribution < 1.29 is 13.2 Å². The van der Waals surface area contributed by atoms with E-state index in [-0.39, 0.29) is 18.5 Å². The molecule has 0 N–H and O–H groups in total. The zero-order chi connectivity index (χ0) is 13.8. The molecule has 0 aromatic carbocycles. The number of amides is 1. The molecule has 0 aliphatic heterocycles. The van der Waals surface area contributed by atoms with Gasteiger partial charge in [0.1, 0.15) is 0 Å². The van der Waals surface area contributed by atoms with Gasteiger partial charge in [0.25, 0.3) is 0 Å². The average molecular weight is 276 g/mol. The van der Waals surface area contributed by atoms with Gasteiger partial charge in [-0.2, -0.15) is 4.31 Å². The van der Waals surface area contributed by atoms with Gasteiger partial charge < -0.3 is 4.90 Å². The van der Waals surface area contributed by atoms with Crippen molar-refractivity contribution in [3.8, 4) is 0 Å². The lowest BCUT2D eigenvalue weighted by Crippen LogP contribution is -2.44. The van der Waals surface area contributed by atoms with Crippen LogP contribution in [0.4, 0.5) is 0 Å². The summed E-state index contributed by atoms with van der Waals surface area (Å²) in [4.78, 5) is 13.9. The van der Waals surface area contributed by atoms with Crippen molar-refractivity contribution in [2.75, 3.05) is 25.9 Å². The zero-order valence-electron chi connectivity index (χ0n) is 11.6. The van der Waals surface area contributed by atoms with Gasteiger partial charge in [0.05, 0.1) is 12.8 Å². The third-order valence-electron chi connectivity index (χ3n) is 3.01. The van der Waals surface area contributed by atoms with Crippen LogP contribution < -0.4 is 0 Å². The molecular weight excluding hydrogens is 252 g/mol. The summed E-state index contributed by atoms with van der Waals surface area (Å²) in [6.07, 6.45) is 4.73. The SMILES string of the molecule is CCCN(CCC)C(=O)CN(C1CC1)S(C)(=O)=O. The van der Waals surface area contributed by atoms with E-state index in [0.717, 1.165) is 25.7 Å². The maximum atomic E-state index is 12.1. The Morgan fingerprint density at radius 2 is 1.67 bits per heavy atom. The fraction of sp³-hybridized carbons (Fsp3) is 0.917. The number of hydrogen-bond acceptors (Lipinski definition) is 3. The van der Waals surface area contributed by atoms with Crippen molar-refractivity contribution in [1.82, 2.24) is 9.21 Å². The highest BCUT2D eigenvalue weighted by molar-refractivity contribution is 7.88. The van der Waals surface area contributed by atoms with Gasteiger partial charge in [-0.25, -0.2) is 8.42 Å². The van der Waals surface area contributed by atoms with E-state index in [0.29, 0.717) is 13.1 Å². The smallest absolute Gasteiger partial charge is 0.237 e. The minimum Gasteiger partial charge on any atom is -0.342 e. The quantitative estimate of drug-likeness (QED) is 0.666. The van der Waals surface area contributed by atoms with Gasteiger partial charge in [0.2, 0.25) is 15.9 Å². The second kappa shape index (κ2) is 6.52. The summed E-state index contributed by atoms with van der Waals surface area (Å²) < 4.78 is 24.6. The summed E-state index contributed by atoms with van der Waals surface area (Å²) in [5.41, 5.74) is 0. The van der Waals surface area contributed by atoms with Crippen molar-refractivity contribution >= 4 is 15.9 Å². The summed E-state index contributed by atoms with van der Waals surface area (Å²) in [7, 11) is -3.27. The molecule has 0 radical (unpaired) electrons. The van der Waals surface area contributed by atoms with E-state index >= 15 is 0 Å². The molecule has 0 unspecified atom stereocenters. The predicted molar refractivity (Wildman–Crippen MR) is 71.7 cm³/mol. The number of sulfonamides is 1. The minimum absolute atomic E-state index is 0.00347. The lowest BCUT2D eigenvalue weighted by molar-refractivity contribution is -0.131. The molecule has 1 fully saturated rings. The Kier molecular flexibility index (Phi) is 5.59. The van der Waals surface area contributed by atoms with E-state index in [9.17, 15) is 13.2 Å². The van der Waals surface area contributed by atoms with Crippen molar-refractivity contribution in [2.45, 2.75) is 45.6 Å². The first-order valence-electron chi connectivity index (χ1n) is 6.64. The molecule has 0 bridgehead atoms. The van der Waals surface area contributed by atoms with Gasteiger partial charge in [-0.1, -0.05) is 13.8 Å². The molecule has 0 spiro atoms. The lowest BCUT2D eigenvalue weighted by atomic mass is 10.3. The second-order valence-electron chi connectivity index (χ2n) is 4.92. The monoisotopic (exact) mass is 276 g/mol. The molecule has 1 saturated carbocycles. The molecule has 0 heterocycles. The molecule has 0 aromatic heterocycles. The largest absolute Gasteiger partial charge is 0.342 e. The first-order valence-corrected chi connectivity index (χ1v) is 8.49. The molecule has 5 nitrogen and oxygen atoms in total. The van der Waals surface area contributed by atoms with E-state index in [1.165, 1.54) is 10.6 Å². The Bertz CT molecular complexity index is 371. The van der Waals surface area contributed by atoms with Crippen LogP contribution >= 0.6 is 0 Å². The normalized spacial score (nSPS) is 16.0. The number of carbonyl (C=O) groups excluding carboxylic acids is 1. The van der Waals surface area contributed by atoms with Crippen molar-refractivity contribution in [1.29, 1.82) is 0 Å². The predicted octanol–water partition coefficient (Wildman–Crippen LogP) is 1.06. The molecule has 106 valence electrons. The van der Waals surface area contributed by atoms with Crippen LogP contribution in [0.25, 0.3) is 0 Å². The fourth-order valence-electron chi connectivity index (χ4n) is 2.01. The fourth-order valence-corrected chi connectivity index (χ4v) is 3.11. The summed E-state index contributed by atoms with van der Waals surface area (Å²) in [5, 5.41) is 0. The number of rotatable bonds is 8. The Morgan fingerprint density at radius 3 is 2.00 bits per heavy atom. The van der Waals surface area contributed by atoms with Gasteiger partial charge in [-0.15, -0.1) is 0 Å². The van der Waals surface area contributed by atoms with Gasteiger partial charge >= 0.3 is 0 Å². The minimum atomic E-state index is -3.27. The van der Waals surface area contributed by atoms with Crippen LogP contribution in [0.3, 0.4) is 0 Å². The van der Waals surface area contributed by atoms with Crippen molar-refractivity contribution in [3.63, 3.8) is 0 Å². The van der Waals surface area contributed by atoms with E-state index in [1.54, 1.807) is 4.90 Å². The third-order valence-corrected chi connectivity index (χ3v) is 4.29. The maximum absolute atomic E-state index is 12.1. The summed E-state index contributed by atoms with van der Waals surface area (Å²) in [5.74, 6) is -0.0731.